The van der Waals surface area contributed by atoms with Gasteiger partial charge in [0.25, 0.3) is 0 Å². The Morgan fingerprint density at radius 3 is 2.59 bits per heavy atom. The number of nitrogens with zero attached hydrogens (tertiary/aromatic N) is 1. The number of carbonyl (C=O) groups excluding carboxylic acids is 2. The first kappa shape index (κ1) is 26.8. The van der Waals surface area contributed by atoms with Crippen LogP contribution >= 0.6 is 15.9 Å². The van der Waals surface area contributed by atoms with E-state index in [4.69, 9.17) is 23.7 Å². The average Bonchev–Trinajstić information content (AvgIpc) is 3.40. The third-order valence-corrected chi connectivity index (χ3v) is 8.75. The van der Waals surface area contributed by atoms with Crippen molar-refractivity contribution in [1.82, 2.24) is 4.90 Å². The molecule has 1 saturated carbocycles. The number of ketones is 1. The highest BCUT2D eigenvalue weighted by Crippen LogP contribution is 2.57. The quantitative estimate of drug-likeness (QED) is 0.497. The van der Waals surface area contributed by atoms with Crippen LogP contribution in [-0.2, 0) is 34.9 Å². The van der Waals surface area contributed by atoms with Crippen LogP contribution in [0.4, 0.5) is 4.79 Å². The Labute approximate surface area is 226 Å². The van der Waals surface area contributed by atoms with Crippen molar-refractivity contribution in [3.05, 3.63) is 39.1 Å². The second-order valence-electron chi connectivity index (χ2n) is 10.6. The molecule has 1 amide bonds. The van der Waals surface area contributed by atoms with Crippen molar-refractivity contribution in [1.29, 1.82) is 0 Å². The maximum atomic E-state index is 13.8. The minimum atomic E-state index is -0.668. The fourth-order valence-corrected chi connectivity index (χ4v) is 7.02. The van der Waals surface area contributed by atoms with Crippen molar-refractivity contribution in [3.63, 3.8) is 0 Å². The van der Waals surface area contributed by atoms with E-state index in [1.54, 1.807) is 12.0 Å². The normalized spacial score (nSPS) is 30.1. The maximum absolute atomic E-state index is 13.8. The summed E-state index contributed by atoms with van der Waals surface area (Å²) >= 11 is 3.72. The molecule has 1 atom stereocenters. The molecule has 2 aliphatic heterocycles. The number of hydrogen-bond acceptors (Lipinski definition) is 7. The van der Waals surface area contributed by atoms with E-state index in [0.717, 1.165) is 27.6 Å². The number of aryl methyl sites for hydroxylation is 2. The van der Waals surface area contributed by atoms with Gasteiger partial charge in [0.05, 0.1) is 32.0 Å². The average molecular weight is 579 g/mol. The molecule has 2 aliphatic carbocycles. The molecule has 5 rings (SSSR count). The van der Waals surface area contributed by atoms with Crippen molar-refractivity contribution >= 4 is 33.4 Å². The van der Waals surface area contributed by atoms with Crippen molar-refractivity contribution in [2.45, 2.75) is 64.3 Å². The Morgan fingerprint density at radius 1 is 1.19 bits per heavy atom. The molecule has 1 aromatic rings. The number of Topliss-reactive ketones (excluding diaryl/α,β-unsaturated/α-hetero) is 1. The maximum Gasteiger partial charge on any atom is 0.415 e. The number of morpholine rings is 1. The van der Waals surface area contributed by atoms with E-state index in [0.29, 0.717) is 83.0 Å². The number of ether oxygens (including phenoxy) is 5. The third-order valence-electron chi connectivity index (χ3n) is 8.13. The van der Waals surface area contributed by atoms with Gasteiger partial charge in [-0.2, -0.15) is 0 Å². The fraction of sp³-hybridized carbons (Fsp3) is 0.643. The summed E-state index contributed by atoms with van der Waals surface area (Å²) in [6.07, 6.45) is 3.09. The molecule has 202 valence electrons. The number of benzene rings is 1. The second-order valence-corrected chi connectivity index (χ2v) is 11.5. The first-order valence-electron chi connectivity index (χ1n) is 13.2. The smallest absolute Gasteiger partial charge is 0.413 e. The van der Waals surface area contributed by atoms with Crippen molar-refractivity contribution < 1.29 is 33.3 Å². The summed E-state index contributed by atoms with van der Waals surface area (Å²) in [5.74, 6) is -0.140. The lowest BCUT2D eigenvalue weighted by molar-refractivity contribution is -0.203. The van der Waals surface area contributed by atoms with Crippen LogP contribution in [0.1, 0.15) is 55.7 Å². The highest BCUT2D eigenvalue weighted by molar-refractivity contribution is 9.10. The lowest BCUT2D eigenvalue weighted by Crippen LogP contribution is -2.44. The van der Waals surface area contributed by atoms with Crippen molar-refractivity contribution in [2.75, 3.05) is 46.6 Å². The predicted molar refractivity (Wildman–Crippen MR) is 140 cm³/mol. The van der Waals surface area contributed by atoms with Gasteiger partial charge in [-0.3, -0.25) is 4.79 Å². The second kappa shape index (κ2) is 10.8. The summed E-state index contributed by atoms with van der Waals surface area (Å²) < 4.78 is 30.2. The Balaban J connectivity index is 1.52. The van der Waals surface area contributed by atoms with E-state index >= 15 is 0 Å². The van der Waals surface area contributed by atoms with E-state index in [2.05, 4.69) is 28.9 Å². The van der Waals surface area contributed by atoms with Gasteiger partial charge in [0.15, 0.2) is 11.6 Å². The zero-order valence-electron chi connectivity index (χ0n) is 21.9. The molecule has 0 N–H and O–H groups in total. The molecule has 1 unspecified atom stereocenters. The number of halogens is 1. The number of carbonyl (C=O) groups is 2. The summed E-state index contributed by atoms with van der Waals surface area (Å²) in [7, 11) is 1.66. The third kappa shape index (κ3) is 5.13. The van der Waals surface area contributed by atoms with Gasteiger partial charge < -0.3 is 28.6 Å². The molecule has 2 saturated heterocycles. The van der Waals surface area contributed by atoms with Gasteiger partial charge in [0, 0.05) is 54.9 Å². The summed E-state index contributed by atoms with van der Waals surface area (Å²) in [6, 6.07) is 4.13. The van der Waals surface area contributed by atoms with E-state index in [1.807, 2.05) is 13.0 Å². The van der Waals surface area contributed by atoms with Gasteiger partial charge >= 0.3 is 6.09 Å². The number of hydrogen-bond donors (Lipinski definition) is 0. The van der Waals surface area contributed by atoms with Gasteiger partial charge in [-0.05, 0) is 43.4 Å². The first-order valence-corrected chi connectivity index (χ1v) is 14.0. The van der Waals surface area contributed by atoms with Crippen LogP contribution in [0.5, 0.6) is 0 Å². The van der Waals surface area contributed by atoms with Gasteiger partial charge in [-0.25, -0.2) is 4.79 Å². The van der Waals surface area contributed by atoms with E-state index in [1.165, 1.54) is 0 Å². The minimum absolute atomic E-state index is 0.0190. The lowest BCUT2D eigenvalue weighted by atomic mass is 9.70. The molecule has 2 spiro atoms. The SMILES string of the molecule is CCc1cc(C)cc(Br)c1C1=C(OC(=O)N2CCOCC2)C2(CCC3(CC2)OCC(COC)O3)CC1=O. The Hall–Kier alpha value is -1.78. The molecule has 0 aromatic heterocycles. The zero-order valence-corrected chi connectivity index (χ0v) is 23.5. The summed E-state index contributed by atoms with van der Waals surface area (Å²) in [4.78, 5) is 28.8. The number of allylic oxidation sites excluding steroid dienone is 2. The van der Waals surface area contributed by atoms with Crippen LogP contribution in [0.15, 0.2) is 22.4 Å². The number of amides is 1. The topological polar surface area (TPSA) is 83.5 Å². The zero-order chi connectivity index (χ0) is 26.2. The number of rotatable bonds is 5. The van der Waals surface area contributed by atoms with Crippen LogP contribution < -0.4 is 0 Å². The summed E-state index contributed by atoms with van der Waals surface area (Å²) in [5, 5.41) is 0. The fourth-order valence-electron chi connectivity index (χ4n) is 6.21. The van der Waals surface area contributed by atoms with Crippen molar-refractivity contribution in [2.24, 2.45) is 5.41 Å². The largest absolute Gasteiger partial charge is 0.415 e. The molecule has 9 heteroatoms. The lowest BCUT2D eigenvalue weighted by Gasteiger charge is -2.42. The monoisotopic (exact) mass is 577 g/mol. The molecular formula is C28H36BrNO7. The van der Waals surface area contributed by atoms with E-state index in [9.17, 15) is 9.59 Å². The van der Waals surface area contributed by atoms with Crippen LogP contribution in [0.2, 0.25) is 0 Å². The van der Waals surface area contributed by atoms with Gasteiger partial charge in [0.2, 0.25) is 0 Å². The molecule has 0 radical (unpaired) electrons. The molecule has 4 aliphatic rings. The van der Waals surface area contributed by atoms with Crippen LogP contribution in [0, 0.1) is 12.3 Å². The Kier molecular flexibility index (Phi) is 7.80. The van der Waals surface area contributed by atoms with E-state index < -0.39 is 17.3 Å². The molecule has 2 heterocycles. The van der Waals surface area contributed by atoms with Crippen LogP contribution in [0.25, 0.3) is 5.57 Å². The highest BCUT2D eigenvalue weighted by Gasteiger charge is 2.56. The van der Waals surface area contributed by atoms with Crippen molar-refractivity contribution in [3.8, 4) is 0 Å². The molecular weight excluding hydrogens is 542 g/mol. The van der Waals surface area contributed by atoms with Gasteiger partial charge in [-0.1, -0.05) is 28.9 Å². The summed E-state index contributed by atoms with van der Waals surface area (Å²) in [5.41, 5.74) is 2.98. The number of methoxy groups -OCH3 is 1. The molecule has 1 aromatic carbocycles. The standard InChI is InChI=1S/C28H36BrNO7/c1-4-19-13-18(2)14-21(29)23(19)24-22(31)15-27(25(24)36-26(32)30-9-11-34-12-10-30)5-7-28(8-6-27)35-17-20(37-28)16-33-3/h13-14,20H,4-12,15-17H2,1-3H3. The molecule has 37 heavy (non-hydrogen) atoms. The van der Waals surface area contributed by atoms with E-state index in [-0.39, 0.29) is 11.9 Å². The summed E-state index contributed by atoms with van der Waals surface area (Å²) in [6.45, 7) is 7.01. The van der Waals surface area contributed by atoms with Gasteiger partial charge in [-0.15, -0.1) is 0 Å². The Morgan fingerprint density at radius 2 is 1.92 bits per heavy atom. The van der Waals surface area contributed by atoms with Crippen LogP contribution in [-0.4, -0.2) is 75.3 Å². The van der Waals surface area contributed by atoms with Gasteiger partial charge in [0.1, 0.15) is 11.9 Å². The Bertz CT molecular complexity index is 1090. The molecule has 0 bridgehead atoms. The molecule has 3 fully saturated rings. The van der Waals surface area contributed by atoms with Crippen LogP contribution in [0.3, 0.4) is 0 Å². The minimum Gasteiger partial charge on any atom is -0.413 e. The predicted octanol–water partition coefficient (Wildman–Crippen LogP) is 4.79. The molecule has 8 nitrogen and oxygen atoms in total. The first-order chi connectivity index (χ1) is 17.8. The highest BCUT2D eigenvalue weighted by atomic mass is 79.9.